The van der Waals surface area contributed by atoms with Crippen LogP contribution in [-0.2, 0) is 0 Å². The van der Waals surface area contributed by atoms with Crippen LogP contribution in [0.4, 0.5) is 0 Å². The Morgan fingerprint density at radius 1 is 1.29 bits per heavy atom. The Hall–Kier alpha value is -0.670. The van der Waals surface area contributed by atoms with Crippen molar-refractivity contribution in [3.05, 3.63) is 29.8 Å². The highest BCUT2D eigenvalue weighted by Gasteiger charge is 2.20. The van der Waals surface area contributed by atoms with Gasteiger partial charge in [0, 0.05) is 17.0 Å². The number of thioether (sulfide) groups is 1. The van der Waals surface area contributed by atoms with Crippen molar-refractivity contribution < 1.29 is 4.74 Å². The predicted octanol–water partition coefficient (Wildman–Crippen LogP) is 3.37. The van der Waals surface area contributed by atoms with Crippen molar-refractivity contribution in [1.82, 2.24) is 0 Å². The largest absolute Gasteiger partial charge is 0.497 e. The molecule has 0 bridgehead atoms. The van der Waals surface area contributed by atoms with Gasteiger partial charge in [-0.15, -0.1) is 11.8 Å². The van der Waals surface area contributed by atoms with E-state index in [-0.39, 0.29) is 0 Å². The molecule has 1 aliphatic rings. The molecule has 1 saturated carbocycles. The van der Waals surface area contributed by atoms with Gasteiger partial charge in [-0.2, -0.15) is 0 Å². The monoisotopic (exact) mass is 251 g/mol. The fourth-order valence-corrected chi connectivity index (χ4v) is 3.84. The van der Waals surface area contributed by atoms with Gasteiger partial charge in [-0.3, -0.25) is 0 Å². The molecule has 1 aromatic carbocycles. The van der Waals surface area contributed by atoms with Crippen LogP contribution in [0.1, 0.15) is 36.5 Å². The van der Waals surface area contributed by atoms with Crippen LogP contribution in [0.2, 0.25) is 0 Å². The summed E-state index contributed by atoms with van der Waals surface area (Å²) in [5.41, 5.74) is 7.23. The summed E-state index contributed by atoms with van der Waals surface area (Å²) in [5, 5.41) is 1.25. The Morgan fingerprint density at radius 3 is 2.47 bits per heavy atom. The fourth-order valence-electron chi connectivity index (χ4n) is 2.35. The molecule has 1 aromatic rings. The lowest BCUT2D eigenvalue weighted by atomic mass is 10.1. The van der Waals surface area contributed by atoms with E-state index < -0.39 is 0 Å². The Balaban J connectivity index is 2.00. The molecule has 0 spiro atoms. The van der Waals surface area contributed by atoms with Gasteiger partial charge < -0.3 is 10.5 Å². The van der Waals surface area contributed by atoms with Gasteiger partial charge in [0.2, 0.25) is 0 Å². The summed E-state index contributed by atoms with van der Waals surface area (Å²) < 4.78 is 5.18. The van der Waals surface area contributed by atoms with Crippen molar-refractivity contribution in [2.45, 2.75) is 36.2 Å². The number of hydrogen-bond acceptors (Lipinski definition) is 3. The van der Waals surface area contributed by atoms with Gasteiger partial charge in [0.05, 0.1) is 7.11 Å². The van der Waals surface area contributed by atoms with Gasteiger partial charge >= 0.3 is 0 Å². The van der Waals surface area contributed by atoms with Crippen molar-refractivity contribution in [3.63, 3.8) is 0 Å². The lowest BCUT2D eigenvalue weighted by molar-refractivity contribution is 0.414. The number of hydrogen-bond donors (Lipinski definition) is 1. The zero-order valence-corrected chi connectivity index (χ0v) is 11.2. The molecule has 0 amide bonds. The maximum atomic E-state index is 5.90. The third kappa shape index (κ3) is 3.39. The van der Waals surface area contributed by atoms with Crippen molar-refractivity contribution in [2.75, 3.05) is 13.7 Å². The van der Waals surface area contributed by atoms with Crippen molar-refractivity contribution >= 4 is 11.8 Å². The Kier molecular flexibility index (Phi) is 4.75. The van der Waals surface area contributed by atoms with Crippen LogP contribution in [0, 0.1) is 0 Å². The quantitative estimate of drug-likeness (QED) is 0.871. The number of rotatable bonds is 5. The van der Waals surface area contributed by atoms with Gasteiger partial charge in [-0.25, -0.2) is 0 Å². The minimum atomic E-state index is 0.434. The standard InChI is InChI=1S/C14H21NOS/c1-16-12-8-6-11(7-9-12)14(10-15)17-13-4-2-3-5-13/h6-9,13-14H,2-5,10,15H2,1H3. The number of benzene rings is 1. The van der Waals surface area contributed by atoms with Crippen LogP contribution in [0.15, 0.2) is 24.3 Å². The minimum absolute atomic E-state index is 0.434. The fraction of sp³-hybridized carbons (Fsp3) is 0.571. The molecule has 1 fully saturated rings. The summed E-state index contributed by atoms with van der Waals surface area (Å²) in [4.78, 5) is 0. The molecule has 94 valence electrons. The second kappa shape index (κ2) is 6.31. The molecular formula is C14H21NOS. The first kappa shape index (κ1) is 12.8. The van der Waals surface area contributed by atoms with Gasteiger partial charge in [-0.1, -0.05) is 25.0 Å². The highest BCUT2D eigenvalue weighted by molar-refractivity contribution is 8.00. The normalized spacial score (nSPS) is 18.2. The Labute approximate surface area is 108 Å². The molecule has 17 heavy (non-hydrogen) atoms. The molecule has 0 heterocycles. The SMILES string of the molecule is COc1ccc(C(CN)SC2CCCC2)cc1. The predicted molar refractivity (Wildman–Crippen MR) is 74.6 cm³/mol. The molecule has 2 nitrogen and oxygen atoms in total. The topological polar surface area (TPSA) is 35.2 Å². The van der Waals surface area contributed by atoms with E-state index in [0.717, 1.165) is 11.0 Å². The average Bonchev–Trinajstić information content (AvgIpc) is 2.89. The molecule has 0 radical (unpaired) electrons. The Morgan fingerprint density at radius 2 is 1.94 bits per heavy atom. The van der Waals surface area contributed by atoms with Crippen molar-refractivity contribution in [2.24, 2.45) is 5.73 Å². The summed E-state index contributed by atoms with van der Waals surface area (Å²) in [6, 6.07) is 8.32. The zero-order chi connectivity index (χ0) is 12.1. The highest BCUT2D eigenvalue weighted by Crippen LogP contribution is 2.39. The Bertz CT molecular complexity index is 333. The lowest BCUT2D eigenvalue weighted by Crippen LogP contribution is -2.12. The van der Waals surface area contributed by atoms with Crippen LogP contribution < -0.4 is 10.5 Å². The second-order valence-corrected chi connectivity index (χ2v) is 6.05. The maximum Gasteiger partial charge on any atom is 0.118 e. The first-order valence-corrected chi connectivity index (χ1v) is 7.27. The van der Waals surface area contributed by atoms with Gasteiger partial charge in [0.25, 0.3) is 0 Å². The third-order valence-corrected chi connectivity index (χ3v) is 5.01. The van der Waals surface area contributed by atoms with Crippen LogP contribution in [-0.4, -0.2) is 18.9 Å². The third-order valence-electron chi connectivity index (χ3n) is 3.36. The van der Waals surface area contributed by atoms with Crippen LogP contribution in [0.25, 0.3) is 0 Å². The van der Waals surface area contributed by atoms with E-state index in [0.29, 0.717) is 11.8 Å². The van der Waals surface area contributed by atoms with Crippen LogP contribution in [0.3, 0.4) is 0 Å². The average molecular weight is 251 g/mol. The van der Waals surface area contributed by atoms with E-state index in [1.807, 2.05) is 12.1 Å². The van der Waals surface area contributed by atoms with E-state index in [1.165, 1.54) is 31.2 Å². The molecule has 0 aromatic heterocycles. The van der Waals surface area contributed by atoms with E-state index in [1.54, 1.807) is 7.11 Å². The molecule has 1 aliphatic carbocycles. The maximum absolute atomic E-state index is 5.90. The van der Waals surface area contributed by atoms with Crippen molar-refractivity contribution in [3.8, 4) is 5.75 Å². The van der Waals surface area contributed by atoms with Gasteiger partial charge in [-0.05, 0) is 30.5 Å². The van der Waals surface area contributed by atoms with Gasteiger partial charge in [0.1, 0.15) is 5.75 Å². The van der Waals surface area contributed by atoms with Gasteiger partial charge in [0.15, 0.2) is 0 Å². The summed E-state index contributed by atoms with van der Waals surface area (Å²) in [6.07, 6.45) is 5.49. The summed E-state index contributed by atoms with van der Waals surface area (Å²) in [5.74, 6) is 0.912. The van der Waals surface area contributed by atoms with Crippen LogP contribution in [0.5, 0.6) is 5.75 Å². The molecule has 1 atom stereocenters. The van der Waals surface area contributed by atoms with Crippen LogP contribution >= 0.6 is 11.8 Å². The van der Waals surface area contributed by atoms with Crippen molar-refractivity contribution in [1.29, 1.82) is 0 Å². The first-order chi connectivity index (χ1) is 8.33. The van der Waals surface area contributed by atoms with E-state index in [4.69, 9.17) is 10.5 Å². The second-order valence-electron chi connectivity index (χ2n) is 4.54. The highest BCUT2D eigenvalue weighted by atomic mass is 32.2. The molecule has 2 N–H and O–H groups in total. The smallest absolute Gasteiger partial charge is 0.118 e. The van der Waals surface area contributed by atoms with E-state index in [9.17, 15) is 0 Å². The number of nitrogens with two attached hydrogens (primary N) is 1. The summed E-state index contributed by atoms with van der Waals surface area (Å²) >= 11 is 2.05. The summed E-state index contributed by atoms with van der Waals surface area (Å²) in [6.45, 7) is 0.716. The molecule has 2 rings (SSSR count). The van der Waals surface area contributed by atoms with E-state index >= 15 is 0 Å². The molecule has 0 saturated heterocycles. The zero-order valence-electron chi connectivity index (χ0n) is 10.4. The molecule has 1 unspecified atom stereocenters. The number of methoxy groups -OCH3 is 1. The number of ether oxygens (including phenoxy) is 1. The lowest BCUT2D eigenvalue weighted by Gasteiger charge is -2.19. The first-order valence-electron chi connectivity index (χ1n) is 6.33. The minimum Gasteiger partial charge on any atom is -0.497 e. The molecule has 0 aliphatic heterocycles. The molecular weight excluding hydrogens is 230 g/mol. The molecule has 3 heteroatoms. The summed E-state index contributed by atoms with van der Waals surface area (Å²) in [7, 11) is 1.70. The van der Waals surface area contributed by atoms with E-state index in [2.05, 4.69) is 23.9 Å².